The van der Waals surface area contributed by atoms with E-state index in [1.165, 1.54) is 32.9 Å². The van der Waals surface area contributed by atoms with Crippen molar-refractivity contribution < 1.29 is 4.74 Å². The second-order valence-electron chi connectivity index (χ2n) is 8.15. The molecule has 164 valence electrons. The fourth-order valence-electron chi connectivity index (χ4n) is 4.52. The minimum Gasteiger partial charge on any atom is -0.496 e. The summed E-state index contributed by atoms with van der Waals surface area (Å²) in [6, 6.07) is 31.6. The summed E-state index contributed by atoms with van der Waals surface area (Å²) in [4.78, 5) is 0. The summed E-state index contributed by atoms with van der Waals surface area (Å²) in [6.45, 7) is 3.59. The van der Waals surface area contributed by atoms with E-state index in [2.05, 4.69) is 88.7 Å². The average Bonchev–Trinajstić information content (AvgIpc) is 3.13. The SMILES string of the molecule is COc1ccccc1CN/N=C/c1c(C)n(Cc2cccc3ccccc23)c2ccccc12. The number of hydrazone groups is 1. The lowest BCUT2D eigenvalue weighted by molar-refractivity contribution is 0.408. The fraction of sp³-hybridized carbons (Fsp3) is 0.138. The highest BCUT2D eigenvalue weighted by atomic mass is 16.5. The third kappa shape index (κ3) is 4.08. The molecule has 4 aromatic carbocycles. The maximum Gasteiger partial charge on any atom is 0.123 e. The predicted molar refractivity (Wildman–Crippen MR) is 137 cm³/mol. The molecule has 1 heterocycles. The highest BCUT2D eigenvalue weighted by Gasteiger charge is 2.13. The van der Waals surface area contributed by atoms with Gasteiger partial charge in [-0.15, -0.1) is 0 Å². The first-order chi connectivity index (χ1) is 16.3. The maximum absolute atomic E-state index is 5.43. The van der Waals surface area contributed by atoms with Crippen LogP contribution in [0.1, 0.15) is 22.4 Å². The number of hydrogen-bond donors (Lipinski definition) is 1. The molecule has 0 aliphatic rings. The van der Waals surface area contributed by atoms with Crippen molar-refractivity contribution in [2.24, 2.45) is 5.10 Å². The van der Waals surface area contributed by atoms with Crippen molar-refractivity contribution in [2.75, 3.05) is 7.11 Å². The molecular formula is C29H27N3O. The number of benzene rings is 4. The van der Waals surface area contributed by atoms with E-state index < -0.39 is 0 Å². The summed E-state index contributed by atoms with van der Waals surface area (Å²) in [5.41, 5.74) is 9.13. The highest BCUT2D eigenvalue weighted by Crippen LogP contribution is 2.27. The van der Waals surface area contributed by atoms with Crippen molar-refractivity contribution >= 4 is 27.9 Å². The molecule has 5 aromatic rings. The van der Waals surface area contributed by atoms with E-state index in [1.54, 1.807) is 7.11 Å². The molecule has 0 bridgehead atoms. The lowest BCUT2D eigenvalue weighted by Gasteiger charge is -2.11. The molecule has 4 heteroatoms. The Morgan fingerprint density at radius 3 is 2.39 bits per heavy atom. The zero-order valence-corrected chi connectivity index (χ0v) is 19.0. The van der Waals surface area contributed by atoms with Gasteiger partial charge in [-0.1, -0.05) is 78.9 Å². The molecule has 0 aliphatic heterocycles. The molecule has 0 saturated heterocycles. The van der Waals surface area contributed by atoms with E-state index in [9.17, 15) is 0 Å². The van der Waals surface area contributed by atoms with Crippen molar-refractivity contribution in [1.29, 1.82) is 0 Å². The van der Waals surface area contributed by atoms with Crippen LogP contribution in [0, 0.1) is 6.92 Å². The highest BCUT2D eigenvalue weighted by molar-refractivity contribution is 6.01. The van der Waals surface area contributed by atoms with E-state index in [-0.39, 0.29) is 0 Å². The zero-order valence-electron chi connectivity index (χ0n) is 19.0. The van der Waals surface area contributed by atoms with Gasteiger partial charge >= 0.3 is 0 Å². The summed E-state index contributed by atoms with van der Waals surface area (Å²) < 4.78 is 7.82. The molecule has 0 amide bonds. The number of para-hydroxylation sites is 2. The second kappa shape index (κ2) is 9.21. The summed E-state index contributed by atoms with van der Waals surface area (Å²) >= 11 is 0. The molecular weight excluding hydrogens is 406 g/mol. The lowest BCUT2D eigenvalue weighted by Crippen LogP contribution is -2.07. The number of fused-ring (bicyclic) bond motifs is 2. The van der Waals surface area contributed by atoms with Crippen LogP contribution >= 0.6 is 0 Å². The number of rotatable bonds is 7. The molecule has 0 radical (unpaired) electrons. The first kappa shape index (κ1) is 20.8. The maximum atomic E-state index is 5.43. The van der Waals surface area contributed by atoms with Gasteiger partial charge in [-0.2, -0.15) is 5.10 Å². The van der Waals surface area contributed by atoms with Crippen LogP contribution in [-0.4, -0.2) is 17.9 Å². The van der Waals surface area contributed by atoms with Crippen molar-refractivity contribution in [3.63, 3.8) is 0 Å². The van der Waals surface area contributed by atoms with Gasteiger partial charge in [0.2, 0.25) is 0 Å². The quantitative estimate of drug-likeness (QED) is 0.242. The van der Waals surface area contributed by atoms with E-state index in [0.29, 0.717) is 6.54 Å². The van der Waals surface area contributed by atoms with Crippen LogP contribution in [0.3, 0.4) is 0 Å². The topological polar surface area (TPSA) is 38.5 Å². The molecule has 0 aliphatic carbocycles. The average molecular weight is 434 g/mol. The Hall–Kier alpha value is -4.05. The molecule has 0 fully saturated rings. The van der Waals surface area contributed by atoms with Gasteiger partial charge in [0, 0.05) is 34.3 Å². The van der Waals surface area contributed by atoms with Crippen LogP contribution in [-0.2, 0) is 13.1 Å². The predicted octanol–water partition coefficient (Wildman–Crippen LogP) is 6.28. The van der Waals surface area contributed by atoms with Gasteiger partial charge in [0.05, 0.1) is 19.9 Å². The first-order valence-electron chi connectivity index (χ1n) is 11.2. The van der Waals surface area contributed by atoms with Crippen LogP contribution in [0.4, 0.5) is 0 Å². The zero-order chi connectivity index (χ0) is 22.6. The van der Waals surface area contributed by atoms with Crippen LogP contribution < -0.4 is 10.2 Å². The number of methoxy groups -OCH3 is 1. The molecule has 0 atom stereocenters. The molecule has 0 saturated carbocycles. The van der Waals surface area contributed by atoms with Gasteiger partial charge in [0.15, 0.2) is 0 Å². The van der Waals surface area contributed by atoms with E-state index in [0.717, 1.165) is 23.4 Å². The Morgan fingerprint density at radius 2 is 1.52 bits per heavy atom. The summed E-state index contributed by atoms with van der Waals surface area (Å²) in [5.74, 6) is 0.864. The van der Waals surface area contributed by atoms with Crippen molar-refractivity contribution in [1.82, 2.24) is 9.99 Å². The van der Waals surface area contributed by atoms with Crippen molar-refractivity contribution in [3.8, 4) is 5.75 Å². The van der Waals surface area contributed by atoms with Crippen LogP contribution in [0.2, 0.25) is 0 Å². The molecule has 1 N–H and O–H groups in total. The summed E-state index contributed by atoms with van der Waals surface area (Å²) in [7, 11) is 1.69. The first-order valence-corrected chi connectivity index (χ1v) is 11.2. The Kier molecular flexibility index (Phi) is 5.81. The minimum absolute atomic E-state index is 0.605. The standard InChI is InChI=1S/C29H27N3O/c1-21-27(19-31-30-18-23-11-4-8-17-29(23)33-2)26-15-6-7-16-28(26)32(21)20-24-13-9-12-22-10-3-5-14-25(22)24/h3-17,19,30H,18,20H2,1-2H3/b31-19+. The summed E-state index contributed by atoms with van der Waals surface area (Å²) in [5, 5.41) is 8.32. The smallest absolute Gasteiger partial charge is 0.123 e. The number of ether oxygens (including phenoxy) is 1. The number of aromatic nitrogens is 1. The van der Waals surface area contributed by atoms with Gasteiger partial charge in [-0.3, -0.25) is 0 Å². The summed E-state index contributed by atoms with van der Waals surface area (Å²) in [6.07, 6.45) is 1.94. The Morgan fingerprint density at radius 1 is 0.818 bits per heavy atom. The van der Waals surface area contributed by atoms with Gasteiger partial charge in [-0.05, 0) is 35.4 Å². The molecule has 0 spiro atoms. The Labute approximate surface area is 194 Å². The number of hydrogen-bond acceptors (Lipinski definition) is 3. The van der Waals surface area contributed by atoms with Crippen molar-refractivity contribution in [2.45, 2.75) is 20.0 Å². The monoisotopic (exact) mass is 433 g/mol. The molecule has 0 unspecified atom stereocenters. The van der Waals surface area contributed by atoms with Crippen molar-refractivity contribution in [3.05, 3.63) is 113 Å². The molecule has 4 nitrogen and oxygen atoms in total. The Bertz CT molecular complexity index is 1440. The number of nitrogens with zero attached hydrogens (tertiary/aromatic N) is 2. The fourth-order valence-corrected chi connectivity index (χ4v) is 4.52. The van der Waals surface area contributed by atoms with Crippen LogP contribution in [0.25, 0.3) is 21.7 Å². The number of nitrogens with one attached hydrogen (secondary N) is 1. The van der Waals surface area contributed by atoms with E-state index in [4.69, 9.17) is 4.74 Å². The van der Waals surface area contributed by atoms with Gasteiger partial charge < -0.3 is 14.7 Å². The van der Waals surface area contributed by atoms with Crippen LogP contribution in [0.15, 0.2) is 96.1 Å². The van der Waals surface area contributed by atoms with Gasteiger partial charge in [0.1, 0.15) is 5.75 Å². The Balaban J connectivity index is 1.46. The molecule has 33 heavy (non-hydrogen) atoms. The lowest BCUT2D eigenvalue weighted by atomic mass is 10.0. The van der Waals surface area contributed by atoms with Crippen LogP contribution in [0.5, 0.6) is 5.75 Å². The molecule has 5 rings (SSSR count). The van der Waals surface area contributed by atoms with E-state index in [1.807, 2.05) is 30.5 Å². The normalized spacial score (nSPS) is 11.5. The molecule has 1 aromatic heterocycles. The third-order valence-electron chi connectivity index (χ3n) is 6.24. The van der Waals surface area contributed by atoms with E-state index >= 15 is 0 Å². The van der Waals surface area contributed by atoms with Gasteiger partial charge in [-0.25, -0.2) is 0 Å². The largest absolute Gasteiger partial charge is 0.496 e. The second-order valence-corrected chi connectivity index (χ2v) is 8.15. The third-order valence-corrected chi connectivity index (χ3v) is 6.24. The minimum atomic E-state index is 0.605. The van der Waals surface area contributed by atoms with Gasteiger partial charge in [0.25, 0.3) is 0 Å².